The van der Waals surface area contributed by atoms with Crippen molar-refractivity contribution in [3.63, 3.8) is 0 Å². The van der Waals surface area contributed by atoms with Crippen molar-refractivity contribution < 1.29 is 0 Å². The average molecular weight is 385 g/mol. The molecule has 0 bridgehead atoms. The summed E-state index contributed by atoms with van der Waals surface area (Å²) in [6.07, 6.45) is 7.57. The molecule has 0 radical (unpaired) electrons. The normalized spacial score (nSPS) is 26.4. The number of likely N-dealkylation sites (N-methyl/N-ethyl adjacent to an activating group) is 1. The number of piperazine rings is 1. The minimum absolute atomic E-state index is 0.720. The molecule has 1 aliphatic carbocycles. The lowest BCUT2D eigenvalue weighted by molar-refractivity contribution is 0.299. The molecule has 2 saturated heterocycles. The summed E-state index contributed by atoms with van der Waals surface area (Å²) >= 11 is 0. The highest BCUT2D eigenvalue weighted by molar-refractivity contribution is 5.80. The van der Waals surface area contributed by atoms with Crippen LogP contribution < -0.4 is 10.2 Å². The number of likely N-dealkylation sites (tertiary alicyclic amines) is 1. The van der Waals surface area contributed by atoms with Crippen molar-refractivity contribution in [2.45, 2.75) is 39.2 Å². The quantitative estimate of drug-likeness (QED) is 0.638. The van der Waals surface area contributed by atoms with Gasteiger partial charge in [-0.3, -0.25) is 0 Å². The van der Waals surface area contributed by atoms with Crippen LogP contribution in [0.1, 0.15) is 38.2 Å². The Hall–Kier alpha value is -1.82. The van der Waals surface area contributed by atoms with Gasteiger partial charge in [0, 0.05) is 52.0 Å². The molecule has 2 aliphatic heterocycles. The lowest BCUT2D eigenvalue weighted by Gasteiger charge is -2.33. The molecule has 2 unspecified atom stereocenters. The molecule has 28 heavy (non-hydrogen) atoms. The molecule has 3 fully saturated rings. The van der Waals surface area contributed by atoms with E-state index in [0.29, 0.717) is 0 Å². The van der Waals surface area contributed by atoms with E-state index in [1.165, 1.54) is 44.3 Å². The second kappa shape index (κ2) is 9.12. The number of nitrogens with one attached hydrogen (secondary N) is 1. The van der Waals surface area contributed by atoms with E-state index in [4.69, 9.17) is 4.99 Å². The fourth-order valence-corrected chi connectivity index (χ4v) is 4.94. The predicted molar refractivity (Wildman–Crippen MR) is 116 cm³/mol. The van der Waals surface area contributed by atoms with Crippen molar-refractivity contribution in [2.24, 2.45) is 16.8 Å². The van der Waals surface area contributed by atoms with Crippen molar-refractivity contribution >= 4 is 11.8 Å². The Labute approximate surface area is 170 Å². The smallest absolute Gasteiger partial charge is 0.194 e. The number of rotatable bonds is 4. The van der Waals surface area contributed by atoms with Crippen molar-refractivity contribution in [2.75, 3.05) is 57.8 Å². The highest BCUT2D eigenvalue weighted by Crippen LogP contribution is 2.36. The third kappa shape index (κ3) is 4.59. The monoisotopic (exact) mass is 384 g/mol. The van der Waals surface area contributed by atoms with Gasteiger partial charge >= 0.3 is 0 Å². The maximum Gasteiger partial charge on any atom is 0.194 e. The minimum atomic E-state index is 0.720. The number of pyridine rings is 1. The second-order valence-corrected chi connectivity index (χ2v) is 8.69. The van der Waals surface area contributed by atoms with E-state index in [-0.39, 0.29) is 0 Å². The number of hydrogen-bond donors (Lipinski definition) is 1. The van der Waals surface area contributed by atoms with Gasteiger partial charge in [-0.05, 0) is 56.3 Å². The van der Waals surface area contributed by atoms with Crippen LogP contribution in [0.5, 0.6) is 0 Å². The van der Waals surface area contributed by atoms with E-state index in [2.05, 4.69) is 51.1 Å². The third-order valence-corrected chi connectivity index (χ3v) is 6.66. The van der Waals surface area contributed by atoms with Gasteiger partial charge in [-0.1, -0.05) is 12.8 Å². The summed E-state index contributed by atoms with van der Waals surface area (Å²) < 4.78 is 0. The number of aromatic nitrogens is 1. The zero-order valence-corrected chi connectivity index (χ0v) is 17.6. The van der Waals surface area contributed by atoms with Crippen LogP contribution in [-0.2, 0) is 6.54 Å². The summed E-state index contributed by atoms with van der Waals surface area (Å²) in [5.74, 6) is 3.94. The number of fused-ring (bicyclic) bond motifs is 1. The fourth-order valence-electron chi connectivity index (χ4n) is 4.94. The highest BCUT2D eigenvalue weighted by Gasteiger charge is 2.35. The molecule has 0 aromatic carbocycles. The van der Waals surface area contributed by atoms with Gasteiger partial charge in [0.25, 0.3) is 0 Å². The van der Waals surface area contributed by atoms with E-state index < -0.39 is 0 Å². The third-order valence-electron chi connectivity index (χ3n) is 6.66. The summed E-state index contributed by atoms with van der Waals surface area (Å²) in [5, 5.41) is 3.53. The van der Waals surface area contributed by atoms with E-state index in [9.17, 15) is 0 Å². The van der Waals surface area contributed by atoms with Crippen LogP contribution in [-0.4, -0.2) is 73.6 Å². The molecule has 4 rings (SSSR count). The Bertz CT molecular complexity index is 653. The first-order valence-electron chi connectivity index (χ1n) is 11.1. The topological polar surface area (TPSA) is 47.0 Å². The van der Waals surface area contributed by atoms with Crippen LogP contribution in [0.15, 0.2) is 23.3 Å². The van der Waals surface area contributed by atoms with Crippen LogP contribution in [0.25, 0.3) is 0 Å². The van der Waals surface area contributed by atoms with Gasteiger partial charge < -0.3 is 20.0 Å². The molecule has 1 N–H and O–H groups in total. The van der Waals surface area contributed by atoms with Gasteiger partial charge in [-0.25, -0.2) is 9.98 Å². The molecule has 6 heteroatoms. The van der Waals surface area contributed by atoms with Gasteiger partial charge in [-0.15, -0.1) is 0 Å². The van der Waals surface area contributed by atoms with Gasteiger partial charge in [0.15, 0.2) is 5.96 Å². The molecule has 6 nitrogen and oxygen atoms in total. The zero-order valence-electron chi connectivity index (χ0n) is 17.6. The Balaban J connectivity index is 1.41. The zero-order chi connectivity index (χ0) is 19.3. The number of aliphatic imine (C=N–C) groups is 1. The van der Waals surface area contributed by atoms with Crippen LogP contribution in [0.3, 0.4) is 0 Å². The molecule has 0 amide bonds. The van der Waals surface area contributed by atoms with E-state index >= 15 is 0 Å². The van der Waals surface area contributed by atoms with Gasteiger partial charge in [-0.2, -0.15) is 0 Å². The lowest BCUT2D eigenvalue weighted by atomic mass is 9.82. The maximum absolute atomic E-state index is 5.00. The van der Waals surface area contributed by atoms with Gasteiger partial charge in [0.1, 0.15) is 5.82 Å². The second-order valence-electron chi connectivity index (χ2n) is 8.69. The van der Waals surface area contributed by atoms with Crippen molar-refractivity contribution in [1.82, 2.24) is 20.1 Å². The molecular weight excluding hydrogens is 348 g/mol. The fraction of sp³-hybridized carbons (Fsp3) is 0.727. The highest BCUT2D eigenvalue weighted by atomic mass is 15.3. The van der Waals surface area contributed by atoms with Crippen LogP contribution >= 0.6 is 0 Å². The Morgan fingerprint density at radius 2 is 1.86 bits per heavy atom. The Morgan fingerprint density at radius 1 is 1.14 bits per heavy atom. The largest absolute Gasteiger partial charge is 0.357 e. The van der Waals surface area contributed by atoms with E-state index in [1.54, 1.807) is 0 Å². The number of nitrogens with zero attached hydrogens (tertiary/aromatic N) is 5. The first-order chi connectivity index (χ1) is 13.7. The maximum atomic E-state index is 5.00. The van der Waals surface area contributed by atoms with E-state index in [0.717, 1.165) is 62.9 Å². The Morgan fingerprint density at radius 3 is 2.54 bits per heavy atom. The summed E-state index contributed by atoms with van der Waals surface area (Å²) in [6, 6.07) is 4.33. The van der Waals surface area contributed by atoms with Gasteiger partial charge in [0.2, 0.25) is 0 Å². The lowest BCUT2D eigenvalue weighted by Crippen LogP contribution is -2.44. The molecule has 0 spiro atoms. The SMILES string of the molecule is CCNC(=NCc1ccnc(N2CCN(C)CC2)c1)N1CC2CCCCC2C1. The molecular formula is C22H36N6. The van der Waals surface area contributed by atoms with Crippen LogP contribution in [0.4, 0.5) is 5.82 Å². The summed E-state index contributed by atoms with van der Waals surface area (Å²) in [4.78, 5) is 16.9. The number of hydrogen-bond acceptors (Lipinski definition) is 4. The van der Waals surface area contributed by atoms with Crippen molar-refractivity contribution in [1.29, 1.82) is 0 Å². The summed E-state index contributed by atoms with van der Waals surface area (Å²) in [7, 11) is 2.19. The number of guanidine groups is 1. The van der Waals surface area contributed by atoms with Crippen molar-refractivity contribution in [3.05, 3.63) is 23.9 Å². The molecule has 3 heterocycles. The molecule has 3 aliphatic rings. The van der Waals surface area contributed by atoms with Crippen molar-refractivity contribution in [3.8, 4) is 0 Å². The molecule has 1 saturated carbocycles. The summed E-state index contributed by atoms with van der Waals surface area (Å²) in [6.45, 7) is 10.5. The number of anilines is 1. The van der Waals surface area contributed by atoms with Crippen LogP contribution in [0, 0.1) is 11.8 Å². The van der Waals surface area contributed by atoms with Crippen LogP contribution in [0.2, 0.25) is 0 Å². The molecule has 154 valence electrons. The first-order valence-corrected chi connectivity index (χ1v) is 11.1. The van der Waals surface area contributed by atoms with E-state index in [1.807, 2.05) is 6.20 Å². The average Bonchev–Trinajstić information content (AvgIpc) is 3.16. The molecule has 1 aromatic rings. The predicted octanol–water partition coefficient (Wildman–Crippen LogP) is 2.42. The summed E-state index contributed by atoms with van der Waals surface area (Å²) in [5.41, 5.74) is 1.25. The Kier molecular flexibility index (Phi) is 6.35. The molecule has 1 aromatic heterocycles. The first kappa shape index (κ1) is 19.5. The van der Waals surface area contributed by atoms with Gasteiger partial charge in [0.05, 0.1) is 6.54 Å². The minimum Gasteiger partial charge on any atom is -0.357 e. The standard InChI is InChI=1S/C22H36N6/c1-3-23-22(28-16-19-6-4-5-7-20(19)17-28)25-15-18-8-9-24-21(14-18)27-12-10-26(2)11-13-27/h8-9,14,19-20H,3-7,10-13,15-17H2,1-2H3,(H,23,25). The molecule has 2 atom stereocenters.